The van der Waals surface area contributed by atoms with Crippen LogP contribution in [0.25, 0.3) is 10.4 Å². The number of aromatic carboxylic acids is 1. The second-order valence-electron chi connectivity index (χ2n) is 3.74. The molecule has 106 valence electrons. The van der Waals surface area contributed by atoms with Crippen molar-refractivity contribution in [2.45, 2.75) is 0 Å². The highest BCUT2D eigenvalue weighted by atomic mass is 32.1. The number of thiazole rings is 1. The number of hydrogen-bond acceptors (Lipinski definition) is 6. The van der Waals surface area contributed by atoms with Gasteiger partial charge in [0.2, 0.25) is 0 Å². The zero-order valence-corrected chi connectivity index (χ0v) is 12.0. The number of hydrogen-bond donors (Lipinski definition) is 1. The summed E-state index contributed by atoms with van der Waals surface area (Å²) in [6.45, 7) is 0. The van der Waals surface area contributed by atoms with Crippen molar-refractivity contribution in [3.63, 3.8) is 0 Å². The largest absolute Gasteiger partial charge is 0.496 e. The van der Waals surface area contributed by atoms with Crippen LogP contribution in [-0.4, -0.2) is 37.4 Å². The van der Waals surface area contributed by atoms with Crippen LogP contribution in [-0.2, 0) is 0 Å². The highest BCUT2D eigenvalue weighted by molar-refractivity contribution is 7.13. The van der Waals surface area contributed by atoms with Gasteiger partial charge >= 0.3 is 5.97 Å². The van der Waals surface area contributed by atoms with E-state index in [-0.39, 0.29) is 5.69 Å². The van der Waals surface area contributed by atoms with E-state index in [1.807, 2.05) is 0 Å². The molecule has 0 radical (unpaired) electrons. The fourth-order valence-corrected chi connectivity index (χ4v) is 2.60. The Hall–Kier alpha value is -2.28. The van der Waals surface area contributed by atoms with Crippen LogP contribution in [0.4, 0.5) is 0 Å². The van der Waals surface area contributed by atoms with E-state index >= 15 is 0 Å². The van der Waals surface area contributed by atoms with Crippen molar-refractivity contribution in [1.29, 1.82) is 0 Å². The Morgan fingerprint density at radius 3 is 2.25 bits per heavy atom. The molecule has 0 saturated carbocycles. The summed E-state index contributed by atoms with van der Waals surface area (Å²) in [6.07, 6.45) is 0. The minimum absolute atomic E-state index is 0.0134. The normalized spacial score (nSPS) is 10.2. The molecule has 2 aromatic rings. The molecule has 20 heavy (non-hydrogen) atoms. The molecule has 1 aromatic carbocycles. The van der Waals surface area contributed by atoms with Crippen LogP contribution in [0.15, 0.2) is 17.6 Å². The SMILES string of the molecule is COc1cc(OC)c(-c2scnc2C(=O)O)cc1OC. The second kappa shape index (κ2) is 5.79. The maximum atomic E-state index is 11.2. The zero-order valence-electron chi connectivity index (χ0n) is 11.2. The molecule has 0 aliphatic carbocycles. The number of aromatic nitrogens is 1. The van der Waals surface area contributed by atoms with Crippen molar-refractivity contribution < 1.29 is 24.1 Å². The first kappa shape index (κ1) is 14.1. The molecule has 0 bridgehead atoms. The molecule has 0 atom stereocenters. The van der Waals surface area contributed by atoms with Gasteiger partial charge in [0.05, 0.1) is 31.7 Å². The maximum absolute atomic E-state index is 11.2. The Balaban J connectivity index is 2.66. The number of carbonyl (C=O) groups is 1. The fourth-order valence-electron chi connectivity index (χ4n) is 1.80. The van der Waals surface area contributed by atoms with Gasteiger partial charge in [-0.25, -0.2) is 9.78 Å². The fraction of sp³-hybridized carbons (Fsp3) is 0.231. The first-order valence-corrected chi connectivity index (χ1v) is 6.47. The summed E-state index contributed by atoms with van der Waals surface area (Å²) in [6, 6.07) is 3.33. The lowest BCUT2D eigenvalue weighted by Crippen LogP contribution is -2.00. The van der Waals surface area contributed by atoms with Gasteiger partial charge in [0.15, 0.2) is 17.2 Å². The molecular formula is C13H13NO5S. The van der Waals surface area contributed by atoms with Crippen molar-refractivity contribution in [2.75, 3.05) is 21.3 Å². The van der Waals surface area contributed by atoms with Gasteiger partial charge in [0.1, 0.15) is 5.75 Å². The summed E-state index contributed by atoms with van der Waals surface area (Å²) in [5, 5.41) is 9.15. The smallest absolute Gasteiger partial charge is 0.356 e. The topological polar surface area (TPSA) is 77.9 Å². The molecule has 0 spiro atoms. The van der Waals surface area contributed by atoms with E-state index in [4.69, 9.17) is 19.3 Å². The molecular weight excluding hydrogens is 282 g/mol. The van der Waals surface area contributed by atoms with Gasteiger partial charge in [-0.15, -0.1) is 11.3 Å². The van der Waals surface area contributed by atoms with Crippen LogP contribution >= 0.6 is 11.3 Å². The molecule has 0 aliphatic rings. The number of carboxylic acids is 1. The molecule has 2 rings (SSSR count). The Labute approximate surface area is 119 Å². The number of methoxy groups -OCH3 is 3. The van der Waals surface area contributed by atoms with Crippen molar-refractivity contribution >= 4 is 17.3 Å². The molecule has 1 N–H and O–H groups in total. The molecule has 1 aromatic heterocycles. The predicted molar refractivity (Wildman–Crippen MR) is 74.2 cm³/mol. The third-order valence-electron chi connectivity index (χ3n) is 2.72. The van der Waals surface area contributed by atoms with Crippen LogP contribution in [0.2, 0.25) is 0 Å². The van der Waals surface area contributed by atoms with E-state index in [1.165, 1.54) is 38.2 Å². The van der Waals surface area contributed by atoms with Gasteiger partial charge in [0, 0.05) is 11.6 Å². The number of benzene rings is 1. The molecule has 0 aliphatic heterocycles. The molecule has 0 saturated heterocycles. The van der Waals surface area contributed by atoms with Crippen LogP contribution < -0.4 is 14.2 Å². The average Bonchev–Trinajstić information content (AvgIpc) is 2.95. The first-order chi connectivity index (χ1) is 9.62. The van der Waals surface area contributed by atoms with E-state index < -0.39 is 5.97 Å². The zero-order chi connectivity index (χ0) is 14.7. The first-order valence-electron chi connectivity index (χ1n) is 5.59. The van der Waals surface area contributed by atoms with Gasteiger partial charge in [0.25, 0.3) is 0 Å². The van der Waals surface area contributed by atoms with Crippen LogP contribution in [0.5, 0.6) is 17.2 Å². The van der Waals surface area contributed by atoms with E-state index in [9.17, 15) is 4.79 Å². The Morgan fingerprint density at radius 1 is 1.10 bits per heavy atom. The monoisotopic (exact) mass is 295 g/mol. The molecule has 6 nitrogen and oxygen atoms in total. The van der Waals surface area contributed by atoms with Gasteiger partial charge in [-0.3, -0.25) is 0 Å². The van der Waals surface area contributed by atoms with Gasteiger partial charge in [-0.2, -0.15) is 0 Å². The molecule has 1 heterocycles. The van der Waals surface area contributed by atoms with Crippen LogP contribution in [0.1, 0.15) is 10.5 Å². The van der Waals surface area contributed by atoms with Gasteiger partial charge in [-0.1, -0.05) is 0 Å². The molecule has 7 heteroatoms. The average molecular weight is 295 g/mol. The Morgan fingerprint density at radius 2 is 1.70 bits per heavy atom. The second-order valence-corrected chi connectivity index (χ2v) is 4.60. The lowest BCUT2D eigenvalue weighted by molar-refractivity contribution is 0.0692. The lowest BCUT2D eigenvalue weighted by atomic mass is 10.1. The molecule has 0 fully saturated rings. The summed E-state index contributed by atoms with van der Waals surface area (Å²) in [5.41, 5.74) is 2.07. The third-order valence-corrected chi connectivity index (χ3v) is 3.58. The predicted octanol–water partition coefficient (Wildman–Crippen LogP) is 2.53. The van der Waals surface area contributed by atoms with Crippen molar-refractivity contribution in [1.82, 2.24) is 4.98 Å². The highest BCUT2D eigenvalue weighted by Gasteiger charge is 2.21. The number of nitrogens with zero attached hydrogens (tertiary/aromatic N) is 1. The third kappa shape index (κ3) is 2.39. The Bertz CT molecular complexity index is 638. The minimum Gasteiger partial charge on any atom is -0.496 e. The van der Waals surface area contributed by atoms with Gasteiger partial charge in [-0.05, 0) is 6.07 Å². The summed E-state index contributed by atoms with van der Waals surface area (Å²) in [5.74, 6) is 0.412. The number of carboxylic acid groups (broad SMARTS) is 1. The lowest BCUT2D eigenvalue weighted by Gasteiger charge is -2.13. The van der Waals surface area contributed by atoms with Crippen molar-refractivity contribution in [2.24, 2.45) is 0 Å². The standard InChI is InChI=1S/C13H13NO5S/c1-17-8-5-10(19-3)9(18-2)4-7(8)12-11(13(15)16)14-6-20-12/h4-6H,1-3H3,(H,15,16). The summed E-state index contributed by atoms with van der Waals surface area (Å²) >= 11 is 1.22. The summed E-state index contributed by atoms with van der Waals surface area (Å²) in [7, 11) is 4.54. The van der Waals surface area contributed by atoms with E-state index in [1.54, 1.807) is 12.1 Å². The van der Waals surface area contributed by atoms with Gasteiger partial charge < -0.3 is 19.3 Å². The van der Waals surface area contributed by atoms with E-state index in [0.717, 1.165) is 0 Å². The summed E-state index contributed by atoms with van der Waals surface area (Å²) in [4.78, 5) is 15.5. The Kier molecular flexibility index (Phi) is 4.09. The maximum Gasteiger partial charge on any atom is 0.356 e. The van der Waals surface area contributed by atoms with E-state index in [2.05, 4.69) is 4.98 Å². The van der Waals surface area contributed by atoms with Crippen LogP contribution in [0, 0.1) is 0 Å². The number of ether oxygens (including phenoxy) is 3. The van der Waals surface area contributed by atoms with Crippen molar-refractivity contribution in [3.8, 4) is 27.7 Å². The van der Waals surface area contributed by atoms with E-state index in [0.29, 0.717) is 27.7 Å². The molecule has 0 amide bonds. The van der Waals surface area contributed by atoms with Crippen molar-refractivity contribution in [3.05, 3.63) is 23.3 Å². The van der Waals surface area contributed by atoms with Crippen LogP contribution in [0.3, 0.4) is 0 Å². The molecule has 0 unspecified atom stereocenters. The summed E-state index contributed by atoms with van der Waals surface area (Å²) < 4.78 is 15.7. The quantitative estimate of drug-likeness (QED) is 0.913. The highest BCUT2D eigenvalue weighted by Crippen LogP contribution is 2.42. The number of rotatable bonds is 5. The minimum atomic E-state index is -1.09.